The summed E-state index contributed by atoms with van der Waals surface area (Å²) >= 11 is 0. The van der Waals surface area contributed by atoms with Gasteiger partial charge in [-0.2, -0.15) is 13.2 Å². The number of amides is 1. The number of carbonyl (C=O) groups is 1. The third-order valence-electron chi connectivity index (χ3n) is 3.18. The predicted octanol–water partition coefficient (Wildman–Crippen LogP) is 2.52. The van der Waals surface area contributed by atoms with Gasteiger partial charge in [0.15, 0.2) is 0 Å². The molecule has 0 fully saturated rings. The van der Waals surface area contributed by atoms with Gasteiger partial charge in [-0.05, 0) is 11.1 Å². The lowest BCUT2D eigenvalue weighted by Gasteiger charge is -2.09. The quantitative estimate of drug-likeness (QED) is 0.751. The summed E-state index contributed by atoms with van der Waals surface area (Å²) in [4.78, 5) is 15.5. The largest absolute Gasteiger partial charge is 0.411 e. The van der Waals surface area contributed by atoms with E-state index in [1.165, 1.54) is 0 Å². The van der Waals surface area contributed by atoms with Crippen LogP contribution in [0.4, 0.5) is 13.2 Å². The Bertz CT molecular complexity index is 625. The Morgan fingerprint density at radius 1 is 1.21 bits per heavy atom. The maximum Gasteiger partial charge on any atom is 0.411 e. The lowest BCUT2D eigenvalue weighted by Crippen LogP contribution is -2.25. The van der Waals surface area contributed by atoms with E-state index in [0.29, 0.717) is 13.1 Å². The zero-order valence-corrected chi connectivity index (χ0v) is 12.9. The second kappa shape index (κ2) is 8.49. The average Bonchev–Trinajstić information content (AvgIpc) is 3.03. The highest BCUT2D eigenvalue weighted by molar-refractivity contribution is 5.75. The molecule has 0 aliphatic carbocycles. The van der Waals surface area contributed by atoms with E-state index in [2.05, 4.69) is 15.0 Å². The Balaban J connectivity index is 1.67. The van der Waals surface area contributed by atoms with E-state index < -0.39 is 12.8 Å². The third kappa shape index (κ3) is 6.82. The first-order valence-electron chi connectivity index (χ1n) is 7.37. The molecule has 1 N–H and O–H groups in total. The Kier molecular flexibility index (Phi) is 6.36. The first-order valence-corrected chi connectivity index (χ1v) is 7.37. The van der Waals surface area contributed by atoms with Crippen LogP contribution in [0.25, 0.3) is 0 Å². The summed E-state index contributed by atoms with van der Waals surface area (Å²) in [7, 11) is 0. The van der Waals surface area contributed by atoms with Crippen LogP contribution in [0.1, 0.15) is 17.5 Å². The molecule has 24 heavy (non-hydrogen) atoms. The molecule has 8 heteroatoms. The number of benzene rings is 1. The normalized spacial score (nSPS) is 11.5. The van der Waals surface area contributed by atoms with E-state index in [0.717, 1.165) is 11.1 Å². The molecule has 0 saturated carbocycles. The minimum Gasteiger partial charge on any atom is -0.372 e. The lowest BCUT2D eigenvalue weighted by molar-refractivity contribution is -0.174. The first-order chi connectivity index (χ1) is 11.4. The summed E-state index contributed by atoms with van der Waals surface area (Å²) in [5.74, 6) is -0.348. The molecule has 0 spiro atoms. The van der Waals surface area contributed by atoms with E-state index in [1.54, 1.807) is 12.5 Å². The van der Waals surface area contributed by atoms with Crippen LogP contribution >= 0.6 is 0 Å². The molecule has 1 aromatic carbocycles. The highest BCUT2D eigenvalue weighted by atomic mass is 19.4. The molecular weight excluding hydrogens is 323 g/mol. The van der Waals surface area contributed by atoms with Gasteiger partial charge < -0.3 is 14.6 Å². The van der Waals surface area contributed by atoms with Crippen molar-refractivity contribution in [2.24, 2.45) is 0 Å². The SMILES string of the molecule is O=C(CCOCC(F)(F)F)NCc1ccc(Cn2ccnc2)cc1. The molecule has 130 valence electrons. The number of imidazole rings is 1. The number of hydrogen-bond acceptors (Lipinski definition) is 3. The Morgan fingerprint density at radius 3 is 2.54 bits per heavy atom. The molecule has 2 aromatic rings. The summed E-state index contributed by atoms with van der Waals surface area (Å²) in [6.45, 7) is -0.555. The summed E-state index contributed by atoms with van der Waals surface area (Å²) in [6, 6.07) is 7.70. The number of nitrogens with one attached hydrogen (secondary N) is 1. The second-order valence-electron chi connectivity index (χ2n) is 5.25. The lowest BCUT2D eigenvalue weighted by atomic mass is 10.1. The van der Waals surface area contributed by atoms with Crippen molar-refractivity contribution in [1.82, 2.24) is 14.9 Å². The van der Waals surface area contributed by atoms with E-state index in [1.807, 2.05) is 35.0 Å². The van der Waals surface area contributed by atoms with Gasteiger partial charge in [0.25, 0.3) is 0 Å². The molecule has 1 heterocycles. The van der Waals surface area contributed by atoms with Crippen molar-refractivity contribution in [3.63, 3.8) is 0 Å². The van der Waals surface area contributed by atoms with Gasteiger partial charge in [0.1, 0.15) is 6.61 Å². The topological polar surface area (TPSA) is 56.1 Å². The maximum absolute atomic E-state index is 11.9. The van der Waals surface area contributed by atoms with Crippen molar-refractivity contribution in [2.75, 3.05) is 13.2 Å². The molecule has 0 saturated heterocycles. The van der Waals surface area contributed by atoms with Gasteiger partial charge in [0.05, 0.1) is 12.9 Å². The van der Waals surface area contributed by atoms with Crippen LogP contribution in [0.2, 0.25) is 0 Å². The van der Waals surface area contributed by atoms with E-state index in [4.69, 9.17) is 0 Å². The third-order valence-corrected chi connectivity index (χ3v) is 3.18. The Morgan fingerprint density at radius 2 is 1.92 bits per heavy atom. The molecule has 0 aliphatic heterocycles. The number of halogens is 3. The van der Waals surface area contributed by atoms with Crippen LogP contribution in [0, 0.1) is 0 Å². The summed E-state index contributed by atoms with van der Waals surface area (Å²) in [5, 5.41) is 2.65. The summed E-state index contributed by atoms with van der Waals surface area (Å²) in [5.41, 5.74) is 2.01. The van der Waals surface area contributed by atoms with Crippen LogP contribution in [-0.4, -0.2) is 34.8 Å². The minimum atomic E-state index is -4.37. The van der Waals surface area contributed by atoms with Gasteiger partial charge in [-0.1, -0.05) is 24.3 Å². The van der Waals surface area contributed by atoms with Crippen LogP contribution < -0.4 is 5.32 Å². The van der Waals surface area contributed by atoms with Crippen LogP contribution in [0.5, 0.6) is 0 Å². The molecular formula is C16H18F3N3O2. The van der Waals surface area contributed by atoms with Crippen molar-refractivity contribution >= 4 is 5.91 Å². The Labute approximate surface area is 137 Å². The Hall–Kier alpha value is -2.35. The zero-order valence-electron chi connectivity index (χ0n) is 12.9. The van der Waals surface area contributed by atoms with Gasteiger partial charge in [0, 0.05) is 31.9 Å². The summed E-state index contributed by atoms with van der Waals surface area (Å²) in [6.07, 6.45) is 0.843. The minimum absolute atomic E-state index is 0.102. The number of nitrogens with zero attached hydrogens (tertiary/aromatic N) is 2. The van der Waals surface area contributed by atoms with Crippen LogP contribution in [0.3, 0.4) is 0 Å². The highest BCUT2D eigenvalue weighted by Crippen LogP contribution is 2.14. The number of carbonyl (C=O) groups excluding carboxylic acids is 1. The van der Waals surface area contributed by atoms with Crippen molar-refractivity contribution in [3.05, 3.63) is 54.1 Å². The molecule has 1 aromatic heterocycles. The van der Waals surface area contributed by atoms with Crippen LogP contribution in [-0.2, 0) is 22.6 Å². The monoisotopic (exact) mass is 341 g/mol. The van der Waals surface area contributed by atoms with Crippen molar-refractivity contribution in [1.29, 1.82) is 0 Å². The second-order valence-corrected chi connectivity index (χ2v) is 5.25. The number of alkyl halides is 3. The molecule has 1 amide bonds. The molecule has 5 nitrogen and oxygen atoms in total. The van der Waals surface area contributed by atoms with Gasteiger partial charge in [-0.3, -0.25) is 4.79 Å². The van der Waals surface area contributed by atoms with Crippen molar-refractivity contribution < 1.29 is 22.7 Å². The van der Waals surface area contributed by atoms with Gasteiger partial charge >= 0.3 is 6.18 Å². The van der Waals surface area contributed by atoms with E-state index in [9.17, 15) is 18.0 Å². The highest BCUT2D eigenvalue weighted by Gasteiger charge is 2.27. The molecule has 0 aliphatic rings. The van der Waals surface area contributed by atoms with Crippen LogP contribution in [0.15, 0.2) is 43.0 Å². The van der Waals surface area contributed by atoms with Crippen molar-refractivity contribution in [2.45, 2.75) is 25.7 Å². The van der Waals surface area contributed by atoms with Gasteiger partial charge in [-0.25, -0.2) is 4.98 Å². The summed E-state index contributed by atoms with van der Waals surface area (Å²) < 4.78 is 41.9. The number of ether oxygens (including phenoxy) is 1. The van der Waals surface area contributed by atoms with Gasteiger partial charge in [-0.15, -0.1) is 0 Å². The molecule has 0 unspecified atom stereocenters. The molecule has 0 bridgehead atoms. The molecule has 2 rings (SSSR count). The standard InChI is InChI=1S/C16H18F3N3O2/c17-16(18,19)11-24-8-5-15(23)21-9-13-1-3-14(4-2-13)10-22-7-6-20-12-22/h1-4,6-7,12H,5,8-11H2,(H,21,23). The zero-order chi connectivity index (χ0) is 17.4. The van der Waals surface area contributed by atoms with E-state index >= 15 is 0 Å². The first kappa shape index (κ1) is 18.0. The fourth-order valence-electron chi connectivity index (χ4n) is 2.00. The number of hydrogen-bond donors (Lipinski definition) is 1. The number of aromatic nitrogens is 2. The maximum atomic E-state index is 11.9. The van der Waals surface area contributed by atoms with E-state index in [-0.39, 0.29) is 18.9 Å². The average molecular weight is 341 g/mol. The van der Waals surface area contributed by atoms with Crippen molar-refractivity contribution in [3.8, 4) is 0 Å². The fraction of sp³-hybridized carbons (Fsp3) is 0.375. The number of rotatable bonds is 8. The fourth-order valence-corrected chi connectivity index (χ4v) is 2.00. The van der Waals surface area contributed by atoms with Gasteiger partial charge in [0.2, 0.25) is 5.91 Å². The smallest absolute Gasteiger partial charge is 0.372 e. The molecule has 0 radical (unpaired) electrons. The predicted molar refractivity (Wildman–Crippen MR) is 81.1 cm³/mol. The molecule has 0 atom stereocenters.